The number of thioether (sulfide) groups is 1. The van der Waals surface area contributed by atoms with E-state index >= 15 is 0 Å². The van der Waals surface area contributed by atoms with Crippen LogP contribution in [0.2, 0.25) is 0 Å². The van der Waals surface area contributed by atoms with Gasteiger partial charge in [0.25, 0.3) is 5.69 Å². The number of aliphatic hydroxyl groups is 1. The predicted octanol–water partition coefficient (Wildman–Crippen LogP) is 1.64. The molecule has 1 aromatic rings. The fraction of sp³-hybridized carbons (Fsp3) is 0.143. The zero-order chi connectivity index (χ0) is 8.97. The van der Waals surface area contributed by atoms with Crippen molar-refractivity contribution in [3.05, 3.63) is 34.4 Å². The molecule has 0 aliphatic rings. The standard InChI is InChI=1S/C7H7NO3S/c9-5-12-7-4-2-1-3-6(7)8(10)11/h1-4,9H,5H2. The average Bonchev–Trinajstić information content (AvgIpc) is 2.05. The maximum atomic E-state index is 10.4. The van der Waals surface area contributed by atoms with Crippen LogP contribution in [0.25, 0.3) is 0 Å². The van der Waals surface area contributed by atoms with Crippen LogP contribution in [0.1, 0.15) is 0 Å². The first-order chi connectivity index (χ1) is 5.75. The maximum Gasteiger partial charge on any atom is 0.282 e. The summed E-state index contributed by atoms with van der Waals surface area (Å²) in [6.45, 7) is 0. The number of hydrogen-bond acceptors (Lipinski definition) is 4. The van der Waals surface area contributed by atoms with Crippen LogP contribution in [0.15, 0.2) is 29.2 Å². The molecule has 0 aliphatic heterocycles. The monoisotopic (exact) mass is 185 g/mol. The highest BCUT2D eigenvalue weighted by molar-refractivity contribution is 7.99. The molecule has 1 aromatic carbocycles. The summed E-state index contributed by atoms with van der Waals surface area (Å²) in [4.78, 5) is 10.4. The second-order valence-electron chi connectivity index (χ2n) is 2.00. The molecule has 4 nitrogen and oxygen atoms in total. The minimum absolute atomic E-state index is 0.0385. The number of nitrogens with zero attached hydrogens (tertiary/aromatic N) is 1. The van der Waals surface area contributed by atoms with Crippen molar-refractivity contribution < 1.29 is 10.0 Å². The molecule has 0 saturated carbocycles. The van der Waals surface area contributed by atoms with E-state index in [1.165, 1.54) is 6.07 Å². The summed E-state index contributed by atoms with van der Waals surface area (Å²) in [5, 5.41) is 19.0. The quantitative estimate of drug-likeness (QED) is 0.336. The summed E-state index contributed by atoms with van der Waals surface area (Å²) in [5.41, 5.74) is 0.0385. The number of rotatable bonds is 3. The third-order valence-electron chi connectivity index (χ3n) is 1.28. The first-order valence-electron chi connectivity index (χ1n) is 3.23. The van der Waals surface area contributed by atoms with Crippen molar-refractivity contribution in [1.82, 2.24) is 0 Å². The van der Waals surface area contributed by atoms with Crippen LogP contribution in [0.3, 0.4) is 0 Å². The zero-order valence-corrected chi connectivity index (χ0v) is 6.95. The number of benzene rings is 1. The summed E-state index contributed by atoms with van der Waals surface area (Å²) in [6, 6.07) is 6.32. The normalized spacial score (nSPS) is 9.75. The Morgan fingerprint density at radius 3 is 2.75 bits per heavy atom. The Labute approximate surface area is 73.4 Å². The van der Waals surface area contributed by atoms with Crippen molar-refractivity contribution >= 4 is 17.4 Å². The van der Waals surface area contributed by atoms with Gasteiger partial charge in [-0.05, 0) is 6.07 Å². The molecule has 5 heteroatoms. The van der Waals surface area contributed by atoms with E-state index in [4.69, 9.17) is 5.11 Å². The number of aliphatic hydroxyl groups excluding tert-OH is 1. The minimum Gasteiger partial charge on any atom is -0.385 e. The fourth-order valence-electron chi connectivity index (χ4n) is 0.800. The van der Waals surface area contributed by atoms with Gasteiger partial charge in [-0.25, -0.2) is 0 Å². The summed E-state index contributed by atoms with van der Waals surface area (Å²) >= 11 is 1.04. The smallest absolute Gasteiger partial charge is 0.282 e. The van der Waals surface area contributed by atoms with Gasteiger partial charge in [0.05, 0.1) is 15.8 Å². The Morgan fingerprint density at radius 2 is 2.17 bits per heavy atom. The third kappa shape index (κ3) is 1.96. The van der Waals surface area contributed by atoms with E-state index in [0.717, 1.165) is 11.8 Å². The molecule has 12 heavy (non-hydrogen) atoms. The van der Waals surface area contributed by atoms with Gasteiger partial charge in [0.15, 0.2) is 0 Å². The van der Waals surface area contributed by atoms with Crippen LogP contribution in [-0.2, 0) is 0 Å². The largest absolute Gasteiger partial charge is 0.385 e. The second-order valence-corrected chi connectivity index (χ2v) is 2.98. The number of nitro groups is 1. The molecule has 0 aliphatic carbocycles. The van der Waals surface area contributed by atoms with Crippen LogP contribution in [-0.4, -0.2) is 16.0 Å². The molecular formula is C7H7NO3S. The van der Waals surface area contributed by atoms with Crippen LogP contribution in [0, 0.1) is 10.1 Å². The van der Waals surface area contributed by atoms with Crippen molar-refractivity contribution in [2.24, 2.45) is 0 Å². The molecule has 0 fully saturated rings. The van der Waals surface area contributed by atoms with Crippen molar-refractivity contribution in [3.63, 3.8) is 0 Å². The number of nitro benzene ring substituents is 1. The molecular weight excluding hydrogens is 178 g/mol. The molecule has 0 heterocycles. The Hall–Kier alpha value is -1.07. The van der Waals surface area contributed by atoms with E-state index in [1.807, 2.05) is 0 Å². The molecule has 64 valence electrons. The summed E-state index contributed by atoms with van der Waals surface area (Å²) in [7, 11) is 0. The summed E-state index contributed by atoms with van der Waals surface area (Å²) < 4.78 is 0. The SMILES string of the molecule is O=[N+]([O-])c1ccccc1SCO. The van der Waals surface area contributed by atoms with Gasteiger partial charge in [-0.3, -0.25) is 10.1 Å². The summed E-state index contributed by atoms with van der Waals surface area (Å²) in [6.07, 6.45) is 0. The topological polar surface area (TPSA) is 63.4 Å². The van der Waals surface area contributed by atoms with Gasteiger partial charge in [0, 0.05) is 6.07 Å². The van der Waals surface area contributed by atoms with Gasteiger partial charge in [-0.15, -0.1) is 0 Å². The first kappa shape index (κ1) is 9.02. The highest BCUT2D eigenvalue weighted by Crippen LogP contribution is 2.27. The van der Waals surface area contributed by atoms with Crippen LogP contribution in [0.4, 0.5) is 5.69 Å². The molecule has 0 saturated heterocycles. The lowest BCUT2D eigenvalue weighted by molar-refractivity contribution is -0.387. The Bertz CT molecular complexity index is 290. The third-order valence-corrected chi connectivity index (χ3v) is 2.07. The van der Waals surface area contributed by atoms with Crippen molar-refractivity contribution in [3.8, 4) is 0 Å². The maximum absolute atomic E-state index is 10.4. The Kier molecular flexibility index (Phi) is 3.07. The molecule has 0 spiro atoms. The Balaban J connectivity index is 3.00. The van der Waals surface area contributed by atoms with E-state index in [2.05, 4.69) is 0 Å². The Morgan fingerprint density at radius 1 is 1.50 bits per heavy atom. The number of hydrogen-bond donors (Lipinski definition) is 1. The van der Waals surface area contributed by atoms with Crippen LogP contribution >= 0.6 is 11.8 Å². The van der Waals surface area contributed by atoms with Gasteiger partial charge in [0.1, 0.15) is 0 Å². The van der Waals surface area contributed by atoms with Gasteiger partial charge >= 0.3 is 0 Å². The highest BCUT2D eigenvalue weighted by atomic mass is 32.2. The van der Waals surface area contributed by atoms with E-state index in [0.29, 0.717) is 4.90 Å². The lowest BCUT2D eigenvalue weighted by Gasteiger charge is -1.97. The van der Waals surface area contributed by atoms with Gasteiger partial charge in [0.2, 0.25) is 0 Å². The van der Waals surface area contributed by atoms with E-state index in [1.54, 1.807) is 18.2 Å². The molecule has 0 bridgehead atoms. The average molecular weight is 185 g/mol. The van der Waals surface area contributed by atoms with Gasteiger partial charge in [-0.1, -0.05) is 23.9 Å². The molecule has 0 unspecified atom stereocenters. The number of para-hydroxylation sites is 1. The van der Waals surface area contributed by atoms with Crippen LogP contribution in [0.5, 0.6) is 0 Å². The van der Waals surface area contributed by atoms with Gasteiger partial charge in [-0.2, -0.15) is 0 Å². The van der Waals surface area contributed by atoms with Crippen molar-refractivity contribution in [2.75, 3.05) is 5.94 Å². The molecule has 1 rings (SSSR count). The van der Waals surface area contributed by atoms with Gasteiger partial charge < -0.3 is 5.11 Å². The zero-order valence-electron chi connectivity index (χ0n) is 6.14. The van der Waals surface area contributed by atoms with E-state index in [9.17, 15) is 10.1 Å². The first-order valence-corrected chi connectivity index (χ1v) is 4.21. The lowest BCUT2D eigenvalue weighted by Crippen LogP contribution is -1.90. The fourth-order valence-corrected chi connectivity index (χ4v) is 1.40. The van der Waals surface area contributed by atoms with Crippen molar-refractivity contribution in [2.45, 2.75) is 4.90 Å². The predicted molar refractivity (Wildman–Crippen MR) is 46.0 cm³/mol. The van der Waals surface area contributed by atoms with Crippen molar-refractivity contribution in [1.29, 1.82) is 0 Å². The van der Waals surface area contributed by atoms with Crippen LogP contribution < -0.4 is 0 Å². The molecule has 0 amide bonds. The minimum atomic E-state index is -0.460. The highest BCUT2D eigenvalue weighted by Gasteiger charge is 2.11. The molecule has 0 aromatic heterocycles. The summed E-state index contributed by atoms with van der Waals surface area (Å²) in [5.74, 6) is -0.148. The van der Waals surface area contributed by atoms with E-state index in [-0.39, 0.29) is 11.6 Å². The lowest BCUT2D eigenvalue weighted by atomic mass is 10.3. The molecule has 0 radical (unpaired) electrons. The second kappa shape index (κ2) is 4.08. The van der Waals surface area contributed by atoms with E-state index < -0.39 is 4.92 Å². The molecule has 1 N–H and O–H groups in total. The molecule has 0 atom stereocenters.